The quantitative estimate of drug-likeness (QED) is 0.0395. The van der Waals surface area contributed by atoms with E-state index in [0.29, 0.717) is 13.1 Å². The zero-order chi connectivity index (χ0) is 34.6. The van der Waals surface area contributed by atoms with Gasteiger partial charge in [-0.05, 0) is 91.4 Å². The van der Waals surface area contributed by atoms with Gasteiger partial charge in [-0.2, -0.15) is 0 Å². The van der Waals surface area contributed by atoms with Gasteiger partial charge in [-0.25, -0.2) is 4.57 Å². The first-order valence-corrected chi connectivity index (χ1v) is 19.3. The Morgan fingerprint density at radius 3 is 1.94 bits per heavy atom. The van der Waals surface area contributed by atoms with Crippen molar-refractivity contribution in [2.24, 2.45) is 4.99 Å². The van der Waals surface area contributed by atoms with Gasteiger partial charge in [0.2, 0.25) is 0 Å². The molecule has 6 nitrogen and oxygen atoms in total. The van der Waals surface area contributed by atoms with Crippen molar-refractivity contribution in [1.29, 1.82) is 0 Å². The van der Waals surface area contributed by atoms with Crippen LogP contribution in [0.25, 0.3) is 18.2 Å². The molecule has 1 aromatic heterocycles. The van der Waals surface area contributed by atoms with E-state index >= 15 is 0 Å². The zero-order valence-electron chi connectivity index (χ0n) is 29.1. The van der Waals surface area contributed by atoms with Crippen molar-refractivity contribution in [2.45, 2.75) is 34.2 Å². The molecule has 48 heavy (non-hydrogen) atoms. The number of likely N-dealkylation sites (N-methyl/N-ethyl adjacent to an activating group) is 2. The fraction of sp³-hybridized carbons (Fsp3) is 0.350. The number of hydrogen-bond donors (Lipinski definition) is 2. The second kappa shape index (κ2) is 22.1. The standard InChI is InChI=1S/C40H53N4O2S2/c1-6-35(9-11-37-13-15-39(31-33(37)4)43(7-2)24-27-45)17-20-41-21-29-47-48-30-26-42-22-18-36(19-23-42)10-12-38-14-16-40(32-34(38)5)44(8-3)25-28-46/h6,9-20,22-23,31-32,45-46H,1,7-8,21,24-30H2,2-5H3/q+1/b11-9+,35-17+,41-20+. The number of aromatic nitrogens is 1. The molecule has 3 aromatic rings. The van der Waals surface area contributed by atoms with Crippen molar-refractivity contribution in [3.05, 3.63) is 119 Å². The van der Waals surface area contributed by atoms with Gasteiger partial charge in [0.25, 0.3) is 0 Å². The summed E-state index contributed by atoms with van der Waals surface area (Å²) in [7, 11) is 3.75. The highest BCUT2D eigenvalue weighted by Crippen LogP contribution is 2.23. The first-order valence-electron chi connectivity index (χ1n) is 16.8. The second-order valence-electron chi connectivity index (χ2n) is 11.3. The topological polar surface area (TPSA) is 63.2 Å². The van der Waals surface area contributed by atoms with Gasteiger partial charge in [0.05, 0.1) is 19.0 Å². The summed E-state index contributed by atoms with van der Waals surface area (Å²) >= 11 is 0. The first kappa shape index (κ1) is 38.9. The number of nitrogens with zero attached hydrogens (tertiary/aromatic N) is 4. The number of hydrogen-bond acceptors (Lipinski definition) is 7. The lowest BCUT2D eigenvalue weighted by Gasteiger charge is -2.22. The van der Waals surface area contributed by atoms with Crippen LogP contribution in [0.4, 0.5) is 11.4 Å². The number of aliphatic hydroxyl groups excluding tert-OH is 2. The van der Waals surface area contributed by atoms with E-state index in [1.807, 2.05) is 40.0 Å². The van der Waals surface area contributed by atoms with Crippen LogP contribution < -0.4 is 14.4 Å². The highest BCUT2D eigenvalue weighted by atomic mass is 33.1. The molecule has 0 saturated carbocycles. The fourth-order valence-electron chi connectivity index (χ4n) is 5.12. The van der Waals surface area contributed by atoms with E-state index in [1.165, 1.54) is 22.3 Å². The molecule has 0 aliphatic heterocycles. The van der Waals surface area contributed by atoms with Crippen molar-refractivity contribution in [3.63, 3.8) is 0 Å². The predicted octanol–water partition coefficient (Wildman–Crippen LogP) is 7.68. The summed E-state index contributed by atoms with van der Waals surface area (Å²) in [6, 6.07) is 17.2. The van der Waals surface area contributed by atoms with Crippen LogP contribution in [0, 0.1) is 13.8 Å². The van der Waals surface area contributed by atoms with Crippen LogP contribution >= 0.6 is 21.6 Å². The van der Waals surface area contributed by atoms with Gasteiger partial charge in [0.1, 0.15) is 0 Å². The summed E-state index contributed by atoms with van der Waals surface area (Å²) in [5.41, 5.74) is 9.27. The van der Waals surface area contributed by atoms with Gasteiger partial charge in [-0.15, -0.1) is 0 Å². The minimum Gasteiger partial charge on any atom is -0.395 e. The number of aryl methyl sites for hydroxylation is 3. The molecule has 0 unspecified atom stereocenters. The summed E-state index contributed by atoms with van der Waals surface area (Å²) < 4.78 is 2.23. The highest BCUT2D eigenvalue weighted by Gasteiger charge is 2.07. The normalized spacial score (nSPS) is 12.1. The minimum absolute atomic E-state index is 0.152. The molecule has 0 aliphatic carbocycles. The zero-order valence-corrected chi connectivity index (χ0v) is 30.7. The summed E-state index contributed by atoms with van der Waals surface area (Å²) in [5, 5.41) is 18.6. The fourth-order valence-corrected chi connectivity index (χ4v) is 6.98. The molecule has 0 saturated heterocycles. The Hall–Kier alpha value is -3.56. The number of anilines is 2. The third kappa shape index (κ3) is 13.2. The SMILES string of the molecule is C=CC(/C=C/c1ccc(N(CC)CCO)cc1C)=C\C=N\CCSSCC[n+]1ccc(/C=C/c2ccc(N(CC)CCO)cc2C)cc1. The van der Waals surface area contributed by atoms with Crippen LogP contribution in [-0.4, -0.2) is 73.9 Å². The molecular formula is C40H53N4O2S2+. The Kier molecular flexibility index (Phi) is 17.9. The van der Waals surface area contributed by atoms with Gasteiger partial charge in [0, 0.05) is 68.2 Å². The molecule has 2 N–H and O–H groups in total. The van der Waals surface area contributed by atoms with E-state index in [-0.39, 0.29) is 13.2 Å². The third-order valence-corrected chi connectivity index (χ3v) is 10.4. The molecule has 0 aliphatic rings. The number of allylic oxidation sites excluding steroid dienone is 4. The molecule has 0 spiro atoms. The van der Waals surface area contributed by atoms with Crippen LogP contribution in [0.5, 0.6) is 0 Å². The summed E-state index contributed by atoms with van der Waals surface area (Å²) in [6.45, 7) is 17.5. The maximum atomic E-state index is 9.31. The molecule has 0 bridgehead atoms. The van der Waals surface area contributed by atoms with E-state index in [2.05, 4.69) is 139 Å². The summed E-state index contributed by atoms with van der Waals surface area (Å²) in [5.74, 6) is 2.01. The number of aliphatic imine (C=N–C) groups is 1. The Morgan fingerprint density at radius 2 is 1.40 bits per heavy atom. The molecule has 0 fully saturated rings. The molecule has 1 heterocycles. The van der Waals surface area contributed by atoms with Crippen LogP contribution in [0.1, 0.15) is 41.7 Å². The van der Waals surface area contributed by atoms with E-state index in [1.54, 1.807) is 0 Å². The predicted molar refractivity (Wildman–Crippen MR) is 213 cm³/mol. The molecule has 0 amide bonds. The molecule has 3 rings (SSSR count). The Labute approximate surface area is 296 Å². The minimum atomic E-state index is 0.152. The maximum Gasteiger partial charge on any atom is 0.169 e. The first-order chi connectivity index (χ1) is 23.4. The van der Waals surface area contributed by atoms with Crippen LogP contribution in [-0.2, 0) is 6.54 Å². The lowest BCUT2D eigenvalue weighted by Crippen LogP contribution is -2.33. The smallest absolute Gasteiger partial charge is 0.169 e. The van der Waals surface area contributed by atoms with Gasteiger partial charge in [-0.3, -0.25) is 4.99 Å². The van der Waals surface area contributed by atoms with Crippen molar-refractivity contribution in [2.75, 3.05) is 67.2 Å². The van der Waals surface area contributed by atoms with Crippen molar-refractivity contribution < 1.29 is 14.8 Å². The molecule has 0 atom stereocenters. The number of rotatable bonds is 21. The van der Waals surface area contributed by atoms with Gasteiger partial charge >= 0.3 is 0 Å². The maximum absolute atomic E-state index is 9.31. The Bertz CT molecular complexity index is 1530. The molecule has 0 radical (unpaired) electrons. The van der Waals surface area contributed by atoms with E-state index in [0.717, 1.165) is 60.2 Å². The lowest BCUT2D eigenvalue weighted by atomic mass is 10.1. The second-order valence-corrected chi connectivity index (χ2v) is 14.0. The number of aliphatic hydroxyl groups is 2. The largest absolute Gasteiger partial charge is 0.395 e. The average Bonchev–Trinajstić information content (AvgIpc) is 3.10. The number of benzene rings is 2. The van der Waals surface area contributed by atoms with Gasteiger partial charge in [0.15, 0.2) is 18.9 Å². The van der Waals surface area contributed by atoms with E-state index < -0.39 is 0 Å². The highest BCUT2D eigenvalue weighted by molar-refractivity contribution is 8.76. The Balaban J connectivity index is 1.36. The molecular weight excluding hydrogens is 633 g/mol. The summed E-state index contributed by atoms with van der Waals surface area (Å²) in [4.78, 5) is 8.91. The third-order valence-electron chi connectivity index (χ3n) is 8.00. The van der Waals surface area contributed by atoms with Gasteiger partial charge < -0.3 is 20.0 Å². The van der Waals surface area contributed by atoms with Gasteiger partial charge in [-0.1, -0.05) is 70.7 Å². The van der Waals surface area contributed by atoms with Crippen molar-refractivity contribution >= 4 is 57.4 Å². The monoisotopic (exact) mass is 685 g/mol. The molecule has 2 aromatic carbocycles. The lowest BCUT2D eigenvalue weighted by molar-refractivity contribution is -0.692. The van der Waals surface area contributed by atoms with Crippen LogP contribution in [0.15, 0.2) is 96.3 Å². The van der Waals surface area contributed by atoms with Crippen molar-refractivity contribution in [3.8, 4) is 0 Å². The molecule has 8 heteroatoms. The van der Waals surface area contributed by atoms with Crippen LogP contribution in [0.2, 0.25) is 0 Å². The number of pyridine rings is 1. The van der Waals surface area contributed by atoms with E-state index in [4.69, 9.17) is 0 Å². The molecule has 256 valence electrons. The van der Waals surface area contributed by atoms with Crippen LogP contribution in [0.3, 0.4) is 0 Å². The van der Waals surface area contributed by atoms with E-state index in [9.17, 15) is 10.2 Å². The average molecular weight is 686 g/mol. The van der Waals surface area contributed by atoms with Crippen molar-refractivity contribution in [1.82, 2.24) is 0 Å². The Morgan fingerprint density at radius 1 is 0.812 bits per heavy atom. The summed E-state index contributed by atoms with van der Waals surface area (Å²) in [6.07, 6.45) is 18.5.